The summed E-state index contributed by atoms with van der Waals surface area (Å²) in [6, 6.07) is 10.8. The third kappa shape index (κ3) is 5.80. The van der Waals surface area contributed by atoms with Crippen LogP contribution in [0.3, 0.4) is 0 Å². The fraction of sp³-hybridized carbons (Fsp3) is 0.632. The third-order valence-electron chi connectivity index (χ3n) is 4.56. The lowest BCUT2D eigenvalue weighted by Crippen LogP contribution is -2.42. The maximum Gasteiger partial charge on any atom is 0.220 e. The van der Waals surface area contributed by atoms with E-state index in [-0.39, 0.29) is 11.3 Å². The molecule has 0 saturated heterocycles. The van der Waals surface area contributed by atoms with E-state index in [1.165, 1.54) is 5.56 Å². The van der Waals surface area contributed by atoms with Crippen LogP contribution in [-0.2, 0) is 10.2 Å². The summed E-state index contributed by atoms with van der Waals surface area (Å²) in [7, 11) is 0. The van der Waals surface area contributed by atoms with E-state index in [1.54, 1.807) is 0 Å². The summed E-state index contributed by atoms with van der Waals surface area (Å²) in [4.78, 5) is 14.5. The van der Waals surface area contributed by atoms with Crippen molar-refractivity contribution in [3.63, 3.8) is 0 Å². The molecule has 1 unspecified atom stereocenters. The first-order chi connectivity index (χ1) is 10.4. The molecular weight excluding hydrogens is 272 g/mol. The van der Waals surface area contributed by atoms with Crippen LogP contribution in [0.4, 0.5) is 0 Å². The average molecular weight is 304 g/mol. The Balaban J connectivity index is 2.40. The van der Waals surface area contributed by atoms with Crippen molar-refractivity contribution in [3.05, 3.63) is 35.9 Å². The van der Waals surface area contributed by atoms with E-state index < -0.39 is 0 Å². The molecule has 0 saturated carbocycles. The molecule has 0 aliphatic heterocycles. The minimum atomic E-state index is 0.0308. The molecule has 0 aliphatic carbocycles. The van der Waals surface area contributed by atoms with Gasteiger partial charge in [0.2, 0.25) is 5.91 Å². The maximum atomic E-state index is 12.1. The van der Waals surface area contributed by atoms with E-state index in [2.05, 4.69) is 69.1 Å². The van der Waals surface area contributed by atoms with Gasteiger partial charge in [-0.25, -0.2) is 0 Å². The van der Waals surface area contributed by atoms with Crippen LogP contribution >= 0.6 is 0 Å². The molecule has 0 heterocycles. The topological polar surface area (TPSA) is 32.3 Å². The largest absolute Gasteiger partial charge is 0.355 e. The number of hydrogen-bond acceptors (Lipinski definition) is 2. The lowest BCUT2D eigenvalue weighted by Gasteiger charge is -2.27. The lowest BCUT2D eigenvalue weighted by molar-refractivity contribution is -0.121. The second kappa shape index (κ2) is 8.94. The smallest absolute Gasteiger partial charge is 0.220 e. The van der Waals surface area contributed by atoms with Gasteiger partial charge in [-0.15, -0.1) is 0 Å². The highest BCUT2D eigenvalue weighted by atomic mass is 16.1. The summed E-state index contributed by atoms with van der Waals surface area (Å²) < 4.78 is 0. The molecule has 1 N–H and O–H groups in total. The zero-order valence-electron chi connectivity index (χ0n) is 14.9. The van der Waals surface area contributed by atoms with Crippen LogP contribution in [-0.4, -0.2) is 36.5 Å². The number of hydrogen-bond donors (Lipinski definition) is 1. The normalized spacial score (nSPS) is 13.2. The molecule has 1 aromatic rings. The fourth-order valence-corrected chi connectivity index (χ4v) is 2.79. The predicted octanol–water partition coefficient (Wildman–Crippen LogP) is 3.59. The second-order valence-corrected chi connectivity index (χ2v) is 6.62. The van der Waals surface area contributed by atoms with Crippen LogP contribution < -0.4 is 5.32 Å². The average Bonchev–Trinajstić information content (AvgIpc) is 2.53. The zero-order valence-corrected chi connectivity index (χ0v) is 14.9. The summed E-state index contributed by atoms with van der Waals surface area (Å²) in [6.45, 7) is 13.7. The number of rotatable bonds is 9. The van der Waals surface area contributed by atoms with Gasteiger partial charge in [0.25, 0.3) is 0 Å². The zero-order chi connectivity index (χ0) is 16.6. The van der Waals surface area contributed by atoms with Crippen molar-refractivity contribution in [3.8, 4) is 0 Å². The molecule has 124 valence electrons. The summed E-state index contributed by atoms with van der Waals surface area (Å²) in [5.41, 5.74) is 1.32. The molecule has 22 heavy (non-hydrogen) atoms. The van der Waals surface area contributed by atoms with Crippen LogP contribution in [0.5, 0.6) is 0 Å². The molecule has 1 amide bonds. The summed E-state index contributed by atoms with van der Waals surface area (Å²) in [5.74, 6) is 0.156. The molecule has 0 fully saturated rings. The Hall–Kier alpha value is -1.35. The molecule has 0 aromatic heterocycles. The number of likely N-dealkylation sites (N-methyl/N-ethyl adjacent to an activating group) is 1. The highest BCUT2D eigenvalue weighted by Gasteiger charge is 2.21. The number of carbonyl (C=O) groups excluding carboxylic acids is 1. The van der Waals surface area contributed by atoms with E-state index in [0.29, 0.717) is 12.5 Å². The summed E-state index contributed by atoms with van der Waals surface area (Å²) in [5, 5.41) is 3.07. The SMILES string of the molecule is CCN(CC)C(C)CNC(=O)CCC(C)(C)c1ccccc1. The quantitative estimate of drug-likeness (QED) is 0.756. The number of nitrogens with one attached hydrogen (secondary N) is 1. The standard InChI is InChI=1S/C19H32N2O/c1-6-21(7-2)16(3)15-20-18(22)13-14-19(4,5)17-11-9-8-10-12-17/h8-12,16H,6-7,13-15H2,1-5H3,(H,20,22). The summed E-state index contributed by atoms with van der Waals surface area (Å²) >= 11 is 0. The van der Waals surface area contributed by atoms with Crippen LogP contribution in [0.2, 0.25) is 0 Å². The Morgan fingerprint density at radius 2 is 1.77 bits per heavy atom. The van der Waals surface area contributed by atoms with Crippen LogP contribution in [0, 0.1) is 0 Å². The fourth-order valence-electron chi connectivity index (χ4n) is 2.79. The van der Waals surface area contributed by atoms with Gasteiger partial charge in [0.1, 0.15) is 0 Å². The highest BCUT2D eigenvalue weighted by molar-refractivity contribution is 5.76. The Kier molecular flexibility index (Phi) is 7.60. The van der Waals surface area contributed by atoms with Crippen molar-refractivity contribution < 1.29 is 4.79 Å². The highest BCUT2D eigenvalue weighted by Crippen LogP contribution is 2.27. The number of benzene rings is 1. The number of amides is 1. The van der Waals surface area contributed by atoms with E-state index in [9.17, 15) is 4.79 Å². The Morgan fingerprint density at radius 1 is 1.18 bits per heavy atom. The molecule has 3 nitrogen and oxygen atoms in total. The van der Waals surface area contributed by atoms with E-state index in [0.717, 1.165) is 26.1 Å². The molecule has 0 aliphatic rings. The van der Waals surface area contributed by atoms with Crippen molar-refractivity contribution >= 4 is 5.91 Å². The molecule has 3 heteroatoms. The first-order valence-electron chi connectivity index (χ1n) is 8.47. The van der Waals surface area contributed by atoms with Gasteiger partial charge in [0.05, 0.1) is 0 Å². The molecule has 1 aromatic carbocycles. The molecule has 0 bridgehead atoms. The molecular formula is C19H32N2O. The Morgan fingerprint density at radius 3 is 2.32 bits per heavy atom. The predicted molar refractivity (Wildman–Crippen MR) is 94.1 cm³/mol. The maximum absolute atomic E-state index is 12.1. The second-order valence-electron chi connectivity index (χ2n) is 6.62. The summed E-state index contributed by atoms with van der Waals surface area (Å²) in [6.07, 6.45) is 1.44. The van der Waals surface area contributed by atoms with E-state index in [1.807, 2.05) is 6.07 Å². The van der Waals surface area contributed by atoms with Crippen molar-refractivity contribution in [1.29, 1.82) is 0 Å². The van der Waals surface area contributed by atoms with Gasteiger partial charge in [-0.3, -0.25) is 9.69 Å². The van der Waals surface area contributed by atoms with Crippen molar-refractivity contribution in [2.45, 2.75) is 58.9 Å². The molecule has 0 spiro atoms. The third-order valence-corrected chi connectivity index (χ3v) is 4.56. The van der Waals surface area contributed by atoms with Crippen molar-refractivity contribution in [2.24, 2.45) is 0 Å². The van der Waals surface area contributed by atoms with Gasteiger partial charge >= 0.3 is 0 Å². The van der Waals surface area contributed by atoms with Gasteiger partial charge in [-0.2, -0.15) is 0 Å². The number of carbonyl (C=O) groups is 1. The molecule has 0 radical (unpaired) electrons. The minimum absolute atomic E-state index is 0.0308. The van der Waals surface area contributed by atoms with Gasteiger partial charge < -0.3 is 5.32 Å². The number of nitrogens with zero attached hydrogens (tertiary/aromatic N) is 1. The van der Waals surface area contributed by atoms with Gasteiger partial charge in [-0.1, -0.05) is 58.0 Å². The Bertz CT molecular complexity index is 438. The van der Waals surface area contributed by atoms with Gasteiger partial charge in [-0.05, 0) is 37.4 Å². The monoisotopic (exact) mass is 304 g/mol. The first kappa shape index (κ1) is 18.7. The molecule has 1 rings (SSSR count). The lowest BCUT2D eigenvalue weighted by atomic mass is 9.80. The minimum Gasteiger partial charge on any atom is -0.355 e. The first-order valence-corrected chi connectivity index (χ1v) is 8.47. The van der Waals surface area contributed by atoms with E-state index in [4.69, 9.17) is 0 Å². The van der Waals surface area contributed by atoms with Gasteiger partial charge in [0.15, 0.2) is 0 Å². The van der Waals surface area contributed by atoms with Gasteiger partial charge in [0, 0.05) is 19.0 Å². The van der Waals surface area contributed by atoms with Crippen LogP contribution in [0.1, 0.15) is 53.0 Å². The van der Waals surface area contributed by atoms with Crippen LogP contribution in [0.25, 0.3) is 0 Å². The van der Waals surface area contributed by atoms with Crippen LogP contribution in [0.15, 0.2) is 30.3 Å². The van der Waals surface area contributed by atoms with Crippen molar-refractivity contribution in [2.75, 3.05) is 19.6 Å². The van der Waals surface area contributed by atoms with E-state index >= 15 is 0 Å². The molecule has 1 atom stereocenters. The Labute approximate surface area is 136 Å². The van der Waals surface area contributed by atoms with Crippen molar-refractivity contribution in [1.82, 2.24) is 10.2 Å².